The topological polar surface area (TPSA) is 173 Å². The largest absolute Gasteiger partial charge is 0.476 e. The van der Waals surface area contributed by atoms with Gasteiger partial charge in [-0.05, 0) is 20.8 Å². The van der Waals surface area contributed by atoms with Gasteiger partial charge in [-0.1, -0.05) is 25.2 Å². The second-order valence-electron chi connectivity index (χ2n) is 7.87. The SMILES string of the molecule is CCOC(=O)[C@H](C)N[P@@](=O)(OC[C@H]1O[C@@H](n2cnc3c(OCC)nc(N)nc32)[C@@H](C)[C@@H]1O)SCC. The molecule has 196 valence electrons. The van der Waals surface area contributed by atoms with Crippen LogP contribution in [0.2, 0.25) is 0 Å². The quantitative estimate of drug-likeness (QED) is 0.268. The van der Waals surface area contributed by atoms with E-state index < -0.39 is 37.2 Å². The average molecular weight is 533 g/mol. The van der Waals surface area contributed by atoms with Gasteiger partial charge < -0.3 is 29.6 Å². The number of esters is 1. The van der Waals surface area contributed by atoms with Gasteiger partial charge >= 0.3 is 12.7 Å². The molecule has 0 aliphatic carbocycles. The minimum atomic E-state index is -3.49. The smallest absolute Gasteiger partial charge is 0.327 e. The molecule has 35 heavy (non-hydrogen) atoms. The van der Waals surface area contributed by atoms with Crippen molar-refractivity contribution in [3.05, 3.63) is 6.33 Å². The molecule has 0 saturated carbocycles. The molecule has 0 amide bonds. The first kappa shape index (κ1) is 27.6. The van der Waals surface area contributed by atoms with E-state index in [4.69, 9.17) is 24.5 Å². The number of carbonyl (C=O) groups excluding carboxylic acids is 1. The van der Waals surface area contributed by atoms with Crippen LogP contribution in [0.5, 0.6) is 5.88 Å². The Kier molecular flexibility index (Phi) is 9.35. The fourth-order valence-corrected chi connectivity index (χ4v) is 7.30. The molecule has 13 nitrogen and oxygen atoms in total. The van der Waals surface area contributed by atoms with Gasteiger partial charge in [-0.2, -0.15) is 9.97 Å². The first-order valence-electron chi connectivity index (χ1n) is 11.4. The van der Waals surface area contributed by atoms with Gasteiger partial charge in [0.15, 0.2) is 11.2 Å². The van der Waals surface area contributed by atoms with E-state index in [0.29, 0.717) is 23.5 Å². The molecule has 3 rings (SSSR count). The lowest BCUT2D eigenvalue weighted by Crippen LogP contribution is -2.35. The summed E-state index contributed by atoms with van der Waals surface area (Å²) in [5.74, 6) is -0.139. The highest BCUT2D eigenvalue weighted by molar-refractivity contribution is 8.56. The van der Waals surface area contributed by atoms with Crippen molar-refractivity contribution < 1.29 is 33.2 Å². The van der Waals surface area contributed by atoms with Crippen LogP contribution in [0.1, 0.15) is 40.8 Å². The number of nitrogens with one attached hydrogen (secondary N) is 1. The summed E-state index contributed by atoms with van der Waals surface area (Å²) in [5.41, 5.74) is 6.68. The lowest BCUT2D eigenvalue weighted by molar-refractivity contribution is -0.144. The lowest BCUT2D eigenvalue weighted by atomic mass is 10.0. The minimum Gasteiger partial charge on any atom is -0.476 e. The highest BCUT2D eigenvalue weighted by atomic mass is 32.7. The van der Waals surface area contributed by atoms with E-state index in [0.717, 1.165) is 11.4 Å². The Hall–Kier alpha value is -1.96. The zero-order valence-corrected chi connectivity index (χ0v) is 22.1. The summed E-state index contributed by atoms with van der Waals surface area (Å²) in [6.07, 6.45) is -0.829. The molecule has 3 heterocycles. The number of hydrogen-bond donors (Lipinski definition) is 3. The van der Waals surface area contributed by atoms with Gasteiger partial charge in [0, 0.05) is 11.7 Å². The third-order valence-corrected chi connectivity index (χ3v) is 9.56. The van der Waals surface area contributed by atoms with E-state index in [2.05, 4.69) is 20.0 Å². The lowest BCUT2D eigenvalue weighted by Gasteiger charge is -2.24. The molecule has 1 fully saturated rings. The first-order valence-corrected chi connectivity index (χ1v) is 14.6. The number of nitrogen functional groups attached to an aromatic ring is 1. The summed E-state index contributed by atoms with van der Waals surface area (Å²) < 4.78 is 37.3. The molecule has 1 aliphatic rings. The van der Waals surface area contributed by atoms with Crippen LogP contribution >= 0.6 is 18.1 Å². The van der Waals surface area contributed by atoms with Gasteiger partial charge in [0.05, 0.1) is 32.3 Å². The molecule has 2 aromatic heterocycles. The van der Waals surface area contributed by atoms with Gasteiger partial charge in [0.25, 0.3) is 0 Å². The summed E-state index contributed by atoms with van der Waals surface area (Å²) in [7, 11) is 0. The van der Waals surface area contributed by atoms with Crippen molar-refractivity contribution in [3.63, 3.8) is 0 Å². The third kappa shape index (κ3) is 6.25. The maximum Gasteiger partial charge on any atom is 0.327 e. The van der Waals surface area contributed by atoms with Gasteiger partial charge in [-0.3, -0.25) is 13.9 Å². The van der Waals surface area contributed by atoms with Gasteiger partial charge in [0.2, 0.25) is 11.8 Å². The Balaban J connectivity index is 1.75. The maximum absolute atomic E-state index is 13.3. The van der Waals surface area contributed by atoms with E-state index >= 15 is 0 Å². The molecule has 0 aromatic carbocycles. The van der Waals surface area contributed by atoms with Crippen LogP contribution in [0.15, 0.2) is 6.33 Å². The summed E-state index contributed by atoms with van der Waals surface area (Å²) in [4.78, 5) is 24.7. The van der Waals surface area contributed by atoms with Crippen molar-refractivity contribution in [3.8, 4) is 5.88 Å². The van der Waals surface area contributed by atoms with E-state index in [1.165, 1.54) is 6.33 Å². The Morgan fingerprint density at radius 3 is 2.77 bits per heavy atom. The fourth-order valence-electron chi connectivity index (χ4n) is 3.69. The van der Waals surface area contributed by atoms with Crippen molar-refractivity contribution in [2.45, 2.75) is 59.1 Å². The second-order valence-corrected chi connectivity index (χ2v) is 12.4. The van der Waals surface area contributed by atoms with E-state index in [-0.39, 0.29) is 31.0 Å². The minimum absolute atomic E-state index is 0.0214. The maximum atomic E-state index is 13.3. The first-order chi connectivity index (χ1) is 16.6. The molecule has 0 radical (unpaired) electrons. The number of ether oxygens (including phenoxy) is 3. The molecular weight excluding hydrogens is 499 g/mol. The number of carbonyl (C=O) groups is 1. The zero-order valence-electron chi connectivity index (χ0n) is 20.4. The Morgan fingerprint density at radius 1 is 1.37 bits per heavy atom. The second kappa shape index (κ2) is 11.8. The van der Waals surface area contributed by atoms with Gasteiger partial charge in [0.1, 0.15) is 18.4 Å². The normalized spacial score (nSPS) is 24.9. The molecule has 0 bridgehead atoms. The predicted octanol–water partition coefficient (Wildman–Crippen LogP) is 2.12. The Labute approximate surface area is 207 Å². The number of rotatable bonds is 12. The predicted molar refractivity (Wildman–Crippen MR) is 131 cm³/mol. The molecular formula is C20H33N6O7PS. The van der Waals surface area contributed by atoms with Crippen LogP contribution in [0.25, 0.3) is 11.2 Å². The number of aliphatic hydroxyl groups is 1. The molecule has 0 unspecified atom stereocenters. The average Bonchev–Trinajstić information content (AvgIpc) is 3.34. The van der Waals surface area contributed by atoms with E-state index in [1.807, 2.05) is 20.8 Å². The van der Waals surface area contributed by atoms with Crippen LogP contribution in [0.4, 0.5) is 5.95 Å². The number of imidazole rings is 1. The van der Waals surface area contributed by atoms with E-state index in [9.17, 15) is 14.5 Å². The Bertz CT molecular complexity index is 1070. The Morgan fingerprint density at radius 2 is 2.11 bits per heavy atom. The highest BCUT2D eigenvalue weighted by Crippen LogP contribution is 2.56. The van der Waals surface area contributed by atoms with Crippen LogP contribution in [-0.2, 0) is 23.4 Å². The van der Waals surface area contributed by atoms with Gasteiger partial charge in [-0.25, -0.2) is 10.1 Å². The molecule has 4 N–H and O–H groups in total. The number of hydrogen-bond acceptors (Lipinski definition) is 12. The molecule has 1 saturated heterocycles. The molecule has 6 atom stereocenters. The van der Waals surface area contributed by atoms with Crippen molar-refractivity contribution in [1.82, 2.24) is 24.6 Å². The highest BCUT2D eigenvalue weighted by Gasteiger charge is 2.44. The number of aromatic nitrogens is 4. The van der Waals surface area contributed by atoms with Crippen molar-refractivity contribution >= 4 is 41.2 Å². The number of nitrogens with two attached hydrogens (primary N) is 1. The number of anilines is 1. The molecule has 2 aromatic rings. The summed E-state index contributed by atoms with van der Waals surface area (Å²) in [6, 6.07) is -0.831. The number of fused-ring (bicyclic) bond motifs is 1. The standard InChI is InChI=1S/C20H33N6O7PS/c1-6-30-17-14-16(23-20(21)24-17)26(10-22-14)18-11(4)15(27)13(33-18)9-32-34(29,35-8-3)25-12(5)19(28)31-7-2/h10-13,15,18,27H,6-9H2,1-5H3,(H,25,29)(H2,21,23,24)/t11-,12-,13+,15-,18+,34+/m0/s1. The molecule has 15 heteroatoms. The van der Waals surface area contributed by atoms with Crippen LogP contribution in [0, 0.1) is 5.92 Å². The van der Waals surface area contributed by atoms with Crippen molar-refractivity contribution in [1.29, 1.82) is 0 Å². The monoisotopic (exact) mass is 532 g/mol. The van der Waals surface area contributed by atoms with Crippen molar-refractivity contribution in [2.75, 3.05) is 31.3 Å². The van der Waals surface area contributed by atoms with Crippen LogP contribution in [-0.4, -0.2) is 74.4 Å². The number of nitrogens with zero attached hydrogens (tertiary/aromatic N) is 4. The van der Waals surface area contributed by atoms with Crippen LogP contribution in [0.3, 0.4) is 0 Å². The van der Waals surface area contributed by atoms with Gasteiger partial charge in [-0.15, -0.1) is 0 Å². The van der Waals surface area contributed by atoms with Crippen LogP contribution < -0.4 is 15.6 Å². The van der Waals surface area contributed by atoms with E-state index in [1.54, 1.807) is 18.4 Å². The molecule has 0 spiro atoms. The summed E-state index contributed by atoms with van der Waals surface area (Å²) in [6.45, 7) is 5.65. The number of aliphatic hydroxyl groups excluding tert-OH is 1. The zero-order chi connectivity index (χ0) is 25.8. The summed E-state index contributed by atoms with van der Waals surface area (Å²) in [5, 5.41) is 13.6. The summed E-state index contributed by atoms with van der Waals surface area (Å²) >= 11 is 1.05. The fraction of sp³-hybridized carbons (Fsp3) is 0.700. The van der Waals surface area contributed by atoms with Crippen molar-refractivity contribution in [2.24, 2.45) is 5.92 Å². The molecule has 1 aliphatic heterocycles. The third-order valence-electron chi connectivity index (χ3n) is 5.35.